The first-order chi connectivity index (χ1) is 10.7. The molecule has 120 valence electrons. The summed E-state index contributed by atoms with van der Waals surface area (Å²) in [7, 11) is 0. The minimum Gasteiger partial charge on any atom is -0.378 e. The van der Waals surface area contributed by atoms with Crippen LogP contribution in [0.25, 0.3) is 0 Å². The molecule has 0 aliphatic carbocycles. The average molecular weight is 303 g/mol. The highest BCUT2D eigenvalue weighted by atomic mass is 16.5. The molecule has 2 heterocycles. The summed E-state index contributed by atoms with van der Waals surface area (Å²) >= 11 is 0. The number of carbonyl (C=O) groups is 1. The molecule has 1 atom stereocenters. The van der Waals surface area contributed by atoms with Crippen molar-refractivity contribution in [3.8, 4) is 0 Å². The Morgan fingerprint density at radius 1 is 1.23 bits per heavy atom. The van der Waals surface area contributed by atoms with E-state index in [2.05, 4.69) is 23.2 Å². The number of morpholine rings is 1. The molecule has 2 aliphatic heterocycles. The summed E-state index contributed by atoms with van der Waals surface area (Å²) < 4.78 is 5.41. The van der Waals surface area contributed by atoms with Gasteiger partial charge in [0.1, 0.15) is 0 Å². The topological polar surface area (TPSA) is 44.8 Å². The molecule has 5 heteroatoms. The Kier molecular flexibility index (Phi) is 4.83. The third-order valence-corrected chi connectivity index (χ3v) is 4.44. The molecule has 0 radical (unpaired) electrons. The van der Waals surface area contributed by atoms with Crippen LogP contribution in [0.2, 0.25) is 0 Å². The van der Waals surface area contributed by atoms with Gasteiger partial charge >= 0.3 is 6.03 Å². The molecular formula is C17H25N3O2. The van der Waals surface area contributed by atoms with E-state index in [4.69, 9.17) is 4.74 Å². The van der Waals surface area contributed by atoms with E-state index in [1.807, 2.05) is 23.1 Å². The number of carbonyl (C=O) groups excluding carboxylic acids is 1. The molecule has 3 rings (SSSR count). The number of benzene rings is 1. The lowest BCUT2D eigenvalue weighted by Crippen LogP contribution is -2.42. The van der Waals surface area contributed by atoms with E-state index in [1.165, 1.54) is 6.42 Å². The van der Waals surface area contributed by atoms with Gasteiger partial charge in [-0.25, -0.2) is 4.79 Å². The highest BCUT2D eigenvalue weighted by molar-refractivity contribution is 5.93. The van der Waals surface area contributed by atoms with Crippen molar-refractivity contribution in [1.29, 1.82) is 0 Å². The van der Waals surface area contributed by atoms with Gasteiger partial charge in [-0.3, -0.25) is 0 Å². The Bertz CT molecular complexity index is 514. The van der Waals surface area contributed by atoms with Gasteiger partial charge in [-0.15, -0.1) is 0 Å². The molecule has 2 amide bonds. The van der Waals surface area contributed by atoms with Crippen LogP contribution in [0.4, 0.5) is 16.2 Å². The summed E-state index contributed by atoms with van der Waals surface area (Å²) in [5, 5.41) is 3.10. The quantitative estimate of drug-likeness (QED) is 0.914. The molecule has 0 bridgehead atoms. The number of ether oxygens (including phenoxy) is 1. The van der Waals surface area contributed by atoms with Crippen LogP contribution < -0.4 is 10.2 Å². The number of nitrogens with one attached hydrogen (secondary N) is 1. The molecule has 1 unspecified atom stereocenters. The van der Waals surface area contributed by atoms with Crippen LogP contribution in [0.3, 0.4) is 0 Å². The second kappa shape index (κ2) is 7.01. The number of nitrogens with zero attached hydrogens (tertiary/aromatic N) is 2. The normalized spacial score (nSPS) is 22.5. The fraction of sp³-hybridized carbons (Fsp3) is 0.588. The van der Waals surface area contributed by atoms with Crippen LogP contribution >= 0.6 is 0 Å². The predicted molar refractivity (Wildman–Crippen MR) is 88.5 cm³/mol. The highest BCUT2D eigenvalue weighted by Crippen LogP contribution is 2.27. The predicted octanol–water partition coefficient (Wildman–Crippen LogP) is 2.79. The zero-order chi connectivity index (χ0) is 15.4. The summed E-state index contributed by atoms with van der Waals surface area (Å²) in [6, 6.07) is 8.06. The summed E-state index contributed by atoms with van der Waals surface area (Å²) in [5.41, 5.74) is 1.98. The summed E-state index contributed by atoms with van der Waals surface area (Å²) in [6.45, 7) is 7.14. The van der Waals surface area contributed by atoms with Crippen molar-refractivity contribution in [2.45, 2.75) is 19.8 Å². The lowest BCUT2D eigenvalue weighted by molar-refractivity contribution is 0.123. The Labute approximate surface area is 132 Å². The lowest BCUT2D eigenvalue weighted by atomic mass is 10.0. The van der Waals surface area contributed by atoms with Gasteiger partial charge in [0, 0.05) is 26.2 Å². The maximum Gasteiger partial charge on any atom is 0.321 e. The molecule has 0 saturated carbocycles. The number of likely N-dealkylation sites (tertiary alicyclic amines) is 1. The van der Waals surface area contributed by atoms with E-state index >= 15 is 0 Å². The maximum absolute atomic E-state index is 12.5. The van der Waals surface area contributed by atoms with E-state index in [0.29, 0.717) is 5.92 Å². The first-order valence-corrected chi connectivity index (χ1v) is 8.21. The number of anilines is 2. The van der Waals surface area contributed by atoms with Crippen molar-refractivity contribution in [3.05, 3.63) is 24.3 Å². The van der Waals surface area contributed by atoms with E-state index in [0.717, 1.165) is 57.2 Å². The molecule has 1 aromatic carbocycles. The van der Waals surface area contributed by atoms with Crippen molar-refractivity contribution < 1.29 is 9.53 Å². The van der Waals surface area contributed by atoms with Crippen LogP contribution in [0, 0.1) is 5.92 Å². The SMILES string of the molecule is CC1CCCN(C(=O)Nc2ccccc2N2CCOCC2)C1. The highest BCUT2D eigenvalue weighted by Gasteiger charge is 2.22. The second-order valence-electron chi connectivity index (χ2n) is 6.24. The van der Waals surface area contributed by atoms with Crippen LogP contribution in [0.15, 0.2) is 24.3 Å². The Morgan fingerprint density at radius 2 is 2.00 bits per heavy atom. The number of urea groups is 1. The van der Waals surface area contributed by atoms with Gasteiger partial charge in [0.05, 0.1) is 24.6 Å². The first kappa shape index (κ1) is 15.2. The number of hydrogen-bond acceptors (Lipinski definition) is 3. The van der Waals surface area contributed by atoms with Crippen LogP contribution in [0.1, 0.15) is 19.8 Å². The smallest absolute Gasteiger partial charge is 0.321 e. The van der Waals surface area contributed by atoms with Gasteiger partial charge in [0.25, 0.3) is 0 Å². The number of piperidine rings is 1. The number of para-hydroxylation sites is 2. The average Bonchev–Trinajstić information content (AvgIpc) is 2.56. The third-order valence-electron chi connectivity index (χ3n) is 4.44. The first-order valence-electron chi connectivity index (χ1n) is 8.21. The fourth-order valence-electron chi connectivity index (χ4n) is 3.23. The number of rotatable bonds is 2. The van der Waals surface area contributed by atoms with Gasteiger partial charge in [0.2, 0.25) is 0 Å². The molecule has 0 spiro atoms. The van der Waals surface area contributed by atoms with Crippen LogP contribution in [-0.4, -0.2) is 50.3 Å². The van der Waals surface area contributed by atoms with E-state index in [-0.39, 0.29) is 6.03 Å². The molecule has 0 aromatic heterocycles. The maximum atomic E-state index is 12.5. The van der Waals surface area contributed by atoms with Crippen molar-refractivity contribution in [3.63, 3.8) is 0 Å². The summed E-state index contributed by atoms with van der Waals surface area (Å²) in [4.78, 5) is 16.7. The summed E-state index contributed by atoms with van der Waals surface area (Å²) in [6.07, 6.45) is 2.31. The van der Waals surface area contributed by atoms with E-state index in [9.17, 15) is 4.79 Å². The van der Waals surface area contributed by atoms with Crippen molar-refractivity contribution in [2.75, 3.05) is 49.6 Å². The van der Waals surface area contributed by atoms with Crippen molar-refractivity contribution >= 4 is 17.4 Å². The Morgan fingerprint density at radius 3 is 2.77 bits per heavy atom. The zero-order valence-electron chi connectivity index (χ0n) is 13.3. The largest absolute Gasteiger partial charge is 0.378 e. The fourth-order valence-corrected chi connectivity index (χ4v) is 3.23. The van der Waals surface area contributed by atoms with Gasteiger partial charge in [0.15, 0.2) is 0 Å². The standard InChI is InChI=1S/C17H25N3O2/c1-14-5-4-8-20(13-14)17(21)18-15-6-2-3-7-16(15)19-9-11-22-12-10-19/h2-3,6-7,14H,4-5,8-13H2,1H3,(H,18,21). The number of amides is 2. The van der Waals surface area contributed by atoms with Gasteiger partial charge < -0.3 is 19.9 Å². The summed E-state index contributed by atoms with van der Waals surface area (Å²) in [5.74, 6) is 0.592. The second-order valence-corrected chi connectivity index (χ2v) is 6.24. The molecule has 2 aliphatic rings. The lowest BCUT2D eigenvalue weighted by Gasteiger charge is -2.33. The van der Waals surface area contributed by atoms with Crippen molar-refractivity contribution in [2.24, 2.45) is 5.92 Å². The Hall–Kier alpha value is -1.75. The Balaban J connectivity index is 1.70. The molecule has 2 fully saturated rings. The van der Waals surface area contributed by atoms with Crippen LogP contribution in [0.5, 0.6) is 0 Å². The van der Waals surface area contributed by atoms with Gasteiger partial charge in [-0.1, -0.05) is 19.1 Å². The number of hydrogen-bond donors (Lipinski definition) is 1. The van der Waals surface area contributed by atoms with Gasteiger partial charge in [-0.2, -0.15) is 0 Å². The molecule has 2 saturated heterocycles. The third kappa shape index (κ3) is 3.53. The van der Waals surface area contributed by atoms with Crippen LogP contribution in [-0.2, 0) is 4.74 Å². The van der Waals surface area contributed by atoms with E-state index in [1.54, 1.807) is 0 Å². The van der Waals surface area contributed by atoms with Crippen molar-refractivity contribution in [1.82, 2.24) is 4.90 Å². The molecular weight excluding hydrogens is 278 g/mol. The zero-order valence-corrected chi connectivity index (χ0v) is 13.3. The van der Waals surface area contributed by atoms with E-state index < -0.39 is 0 Å². The minimum absolute atomic E-state index is 0.0206. The minimum atomic E-state index is 0.0206. The molecule has 5 nitrogen and oxygen atoms in total. The molecule has 1 aromatic rings. The molecule has 22 heavy (non-hydrogen) atoms. The molecule has 1 N–H and O–H groups in total. The monoisotopic (exact) mass is 303 g/mol. The van der Waals surface area contributed by atoms with Gasteiger partial charge in [-0.05, 0) is 30.9 Å².